The molecule has 0 aromatic carbocycles. The standard InChI is InChI=1S/2CH4.2B.H3N.3Na.H2O4S.H2.H/c;;;;;;;;1-5(2,3)4;;/h2*1H4;;;1H3;;;;(H2,1,2,3,4);1H;/q;;;;;3*+1;;;-1/p-2. The molecule has 66 valence electrons. The molecule has 0 rings (SSSR count). The van der Waals surface area contributed by atoms with E-state index >= 15 is 0 Å². The molecule has 0 bridgehead atoms. The summed E-state index contributed by atoms with van der Waals surface area (Å²) in [5.41, 5.74) is 0. The summed E-state index contributed by atoms with van der Waals surface area (Å²) in [5.74, 6) is 0. The van der Waals surface area contributed by atoms with Gasteiger partial charge in [0.2, 0.25) is 0 Å². The topological polar surface area (TPSA) is 115 Å². The number of hydrogen-bond acceptors (Lipinski definition) is 5. The molecule has 0 aromatic rings. The van der Waals surface area contributed by atoms with E-state index in [4.69, 9.17) is 17.5 Å². The number of hydrogen-bond donors (Lipinski definition) is 1. The van der Waals surface area contributed by atoms with E-state index < -0.39 is 10.4 Å². The van der Waals surface area contributed by atoms with E-state index in [2.05, 4.69) is 0 Å². The van der Waals surface area contributed by atoms with Gasteiger partial charge in [0.15, 0.2) is 0 Å². The van der Waals surface area contributed by atoms with Crippen molar-refractivity contribution in [2.75, 3.05) is 0 Å². The minimum absolute atomic E-state index is 0. The molecule has 13 heavy (non-hydrogen) atoms. The van der Waals surface area contributed by atoms with Crippen LogP contribution in [-0.2, 0) is 10.4 Å². The summed E-state index contributed by atoms with van der Waals surface area (Å²) in [5, 5.41) is 0. The van der Waals surface area contributed by atoms with Crippen LogP contribution in [0.15, 0.2) is 0 Å². The molecule has 0 amide bonds. The van der Waals surface area contributed by atoms with Gasteiger partial charge >= 0.3 is 88.7 Å². The predicted molar refractivity (Wildman–Crippen MR) is 43.7 cm³/mol. The average Bonchev–Trinajstić information content (AvgIpc) is 0.722. The second-order valence-electron chi connectivity index (χ2n) is 0.408. The van der Waals surface area contributed by atoms with Crippen molar-refractivity contribution in [1.82, 2.24) is 6.15 Å². The minimum Gasteiger partial charge on any atom is -1.00 e. The first-order chi connectivity index (χ1) is 2.00. The van der Waals surface area contributed by atoms with Crippen molar-refractivity contribution in [2.45, 2.75) is 14.9 Å². The fourth-order valence-corrected chi connectivity index (χ4v) is 0. The summed E-state index contributed by atoms with van der Waals surface area (Å²) in [4.78, 5) is 0. The smallest absolute Gasteiger partial charge is 1.00 e. The van der Waals surface area contributed by atoms with Crippen LogP contribution < -0.4 is 94.8 Å². The second-order valence-corrected chi connectivity index (χ2v) is 1.22. The van der Waals surface area contributed by atoms with Crippen LogP contribution in [-0.4, -0.2) is 34.3 Å². The first-order valence-electron chi connectivity index (χ1n) is 0.667. The van der Waals surface area contributed by atoms with Gasteiger partial charge in [-0.1, -0.05) is 14.9 Å². The summed E-state index contributed by atoms with van der Waals surface area (Å²) in [6.07, 6.45) is 0. The molecule has 6 radical (unpaired) electrons. The minimum atomic E-state index is -5.17. The number of rotatable bonds is 0. The molecule has 0 aromatic heterocycles. The molecule has 3 N–H and O–H groups in total. The van der Waals surface area contributed by atoms with Crippen LogP contribution in [0, 0.1) is 0 Å². The molecule has 0 aliphatic rings. The zero-order valence-electron chi connectivity index (χ0n) is 7.90. The molecule has 0 saturated carbocycles. The zero-order chi connectivity index (χ0) is 4.50. The van der Waals surface area contributed by atoms with Crippen molar-refractivity contribution < 1.29 is 109 Å². The third-order valence-electron chi connectivity index (χ3n) is 0. The van der Waals surface area contributed by atoms with Crippen molar-refractivity contribution >= 4 is 27.2 Å². The van der Waals surface area contributed by atoms with Gasteiger partial charge in [-0.2, -0.15) is 0 Å². The molecule has 0 fully saturated rings. The van der Waals surface area contributed by atoms with Crippen LogP contribution in [0.1, 0.15) is 17.7 Å². The van der Waals surface area contributed by atoms with Crippen molar-refractivity contribution in [3.63, 3.8) is 0 Å². The maximum absolute atomic E-state index is 8.52. The van der Waals surface area contributed by atoms with Gasteiger partial charge in [0.1, 0.15) is 0 Å². The van der Waals surface area contributed by atoms with Crippen LogP contribution in [0.25, 0.3) is 0 Å². The van der Waals surface area contributed by atoms with E-state index in [1.807, 2.05) is 0 Å². The molecule has 0 heterocycles. The van der Waals surface area contributed by atoms with E-state index in [0.717, 1.165) is 0 Å². The maximum atomic E-state index is 8.52. The van der Waals surface area contributed by atoms with Crippen LogP contribution in [0.3, 0.4) is 0 Å². The Hall–Kier alpha value is 2.96. The van der Waals surface area contributed by atoms with Gasteiger partial charge in [-0.05, 0) is 0 Å². The van der Waals surface area contributed by atoms with Crippen molar-refractivity contribution in [2.24, 2.45) is 0 Å². The van der Waals surface area contributed by atoms with Crippen LogP contribution in [0.4, 0.5) is 0 Å². The maximum Gasteiger partial charge on any atom is 1.00 e. The molecule has 5 nitrogen and oxygen atoms in total. The Morgan fingerprint density at radius 1 is 0.923 bits per heavy atom. The molecule has 0 aliphatic heterocycles. The fraction of sp³-hybridized carbons (Fsp3) is 1.00. The van der Waals surface area contributed by atoms with Crippen LogP contribution in [0.5, 0.6) is 0 Å². The monoisotopic (exact) mass is 239 g/mol. The summed E-state index contributed by atoms with van der Waals surface area (Å²) >= 11 is 0. The molecule has 11 heteroatoms. The average molecular weight is 239 g/mol. The molecule has 0 aliphatic carbocycles. The molecular formula is C2H14B2NNa3O4S. The predicted octanol–water partition coefficient (Wildman–Crippen LogP) is -9.29. The first kappa shape index (κ1) is 73.7. The van der Waals surface area contributed by atoms with Gasteiger partial charge in [-0.3, -0.25) is 8.42 Å². The zero-order valence-corrected chi connectivity index (χ0v) is 13.7. The van der Waals surface area contributed by atoms with Crippen molar-refractivity contribution in [3.05, 3.63) is 0 Å². The fourth-order valence-electron chi connectivity index (χ4n) is 0. The van der Waals surface area contributed by atoms with Gasteiger partial charge in [-0.25, -0.2) is 0 Å². The van der Waals surface area contributed by atoms with E-state index in [1.165, 1.54) is 0 Å². The second kappa shape index (κ2) is 36.3. The van der Waals surface area contributed by atoms with Gasteiger partial charge in [0, 0.05) is 28.7 Å². The van der Waals surface area contributed by atoms with E-state index in [0.29, 0.717) is 0 Å². The summed E-state index contributed by atoms with van der Waals surface area (Å²) in [6.45, 7) is 0. The largest absolute Gasteiger partial charge is 1.00 e. The Morgan fingerprint density at radius 2 is 0.923 bits per heavy atom. The molecule has 0 spiro atoms. The van der Waals surface area contributed by atoms with Gasteiger partial charge in [-0.15, -0.1) is 0 Å². The molecule has 0 saturated heterocycles. The Kier molecular flexibility index (Phi) is 206. The van der Waals surface area contributed by atoms with Crippen LogP contribution >= 0.6 is 0 Å². The summed E-state index contributed by atoms with van der Waals surface area (Å²) < 4.78 is 34.1. The van der Waals surface area contributed by atoms with E-state index in [9.17, 15) is 0 Å². The Balaban J connectivity index is -0.00000000178. The van der Waals surface area contributed by atoms with Gasteiger partial charge < -0.3 is 16.7 Å². The molecule has 0 atom stereocenters. The van der Waals surface area contributed by atoms with Gasteiger partial charge in [0.05, 0.1) is 0 Å². The van der Waals surface area contributed by atoms with Crippen molar-refractivity contribution in [1.29, 1.82) is 0 Å². The van der Waals surface area contributed by atoms with Crippen LogP contribution in [0.2, 0.25) is 0 Å². The Labute approximate surface area is 155 Å². The normalized spacial score (nSPS) is 4.46. The van der Waals surface area contributed by atoms with Crippen molar-refractivity contribution in [3.8, 4) is 0 Å². The molecule has 0 unspecified atom stereocenters. The Bertz CT molecular complexity index is 123. The first-order valence-corrected chi connectivity index (χ1v) is 2.00. The Morgan fingerprint density at radius 3 is 0.923 bits per heavy atom. The van der Waals surface area contributed by atoms with E-state index in [1.54, 1.807) is 0 Å². The summed E-state index contributed by atoms with van der Waals surface area (Å²) in [7, 11) is -5.17. The SMILES string of the molecule is C.C.N.O=S(=O)([O-])[O-].[B].[B].[H-].[HH].[Na+].[Na+].[Na+]. The summed E-state index contributed by atoms with van der Waals surface area (Å²) in [6, 6.07) is 0. The van der Waals surface area contributed by atoms with E-state index in [-0.39, 0.29) is 129 Å². The quantitative estimate of drug-likeness (QED) is 0.256. The molecular weight excluding hydrogens is 225 g/mol. The third-order valence-corrected chi connectivity index (χ3v) is 0. The third kappa shape index (κ3) is 287. The van der Waals surface area contributed by atoms with Gasteiger partial charge in [0.25, 0.3) is 0 Å².